The Morgan fingerprint density at radius 2 is 1.87 bits per heavy atom. The highest BCUT2D eigenvalue weighted by molar-refractivity contribution is 5.95. The highest BCUT2D eigenvalue weighted by Gasteiger charge is 2.08. The third kappa shape index (κ3) is 3.07. The van der Waals surface area contributed by atoms with Gasteiger partial charge in [-0.2, -0.15) is 0 Å². The molecule has 5 heteroatoms. The van der Waals surface area contributed by atoms with Gasteiger partial charge in [-0.1, -0.05) is 0 Å². The van der Waals surface area contributed by atoms with Crippen LogP contribution in [0.5, 0.6) is 0 Å². The average Bonchev–Trinajstić information content (AvgIpc) is 2.18. The summed E-state index contributed by atoms with van der Waals surface area (Å²) in [6.45, 7) is 1.37. The van der Waals surface area contributed by atoms with Gasteiger partial charge in [-0.05, 0) is 31.2 Å². The Hall–Kier alpha value is -1.88. The Labute approximate surface area is 86.9 Å². The Morgan fingerprint density at radius 3 is 2.27 bits per heavy atom. The van der Waals surface area contributed by atoms with Crippen LogP contribution in [0.4, 0.5) is 5.69 Å². The summed E-state index contributed by atoms with van der Waals surface area (Å²) in [6.07, 6.45) is -1.07. The van der Waals surface area contributed by atoms with Crippen LogP contribution in [0.25, 0.3) is 0 Å². The first-order valence-corrected chi connectivity index (χ1v) is 4.39. The van der Waals surface area contributed by atoms with E-state index in [9.17, 15) is 9.59 Å². The predicted molar refractivity (Wildman–Crippen MR) is 55.3 cm³/mol. The summed E-state index contributed by atoms with van der Waals surface area (Å²) in [6, 6.07) is 6.08. The zero-order valence-electron chi connectivity index (χ0n) is 8.23. The molecule has 4 N–H and O–H groups in total. The largest absolute Gasteiger partial charge is 0.384 e. The summed E-state index contributed by atoms with van der Waals surface area (Å²) in [7, 11) is 0. The molecule has 0 aromatic heterocycles. The number of amides is 2. The maximum Gasteiger partial charge on any atom is 0.252 e. The monoisotopic (exact) mass is 208 g/mol. The second-order valence-electron chi connectivity index (χ2n) is 3.11. The lowest BCUT2D eigenvalue weighted by molar-refractivity contribution is -0.123. The normalized spacial score (nSPS) is 11.9. The molecule has 0 aliphatic rings. The fourth-order valence-electron chi connectivity index (χ4n) is 0.965. The maximum absolute atomic E-state index is 11.1. The Bertz CT molecular complexity index is 371. The first-order valence-electron chi connectivity index (χ1n) is 4.39. The van der Waals surface area contributed by atoms with Gasteiger partial charge in [0, 0.05) is 11.3 Å². The van der Waals surface area contributed by atoms with E-state index in [4.69, 9.17) is 10.8 Å². The number of hydrogen-bond donors (Lipinski definition) is 3. The van der Waals surface area contributed by atoms with Crippen LogP contribution in [0.3, 0.4) is 0 Å². The number of anilines is 1. The van der Waals surface area contributed by atoms with Crippen molar-refractivity contribution in [1.82, 2.24) is 0 Å². The molecule has 5 nitrogen and oxygen atoms in total. The van der Waals surface area contributed by atoms with Crippen LogP contribution in [-0.2, 0) is 4.79 Å². The minimum absolute atomic E-state index is 0.366. The second-order valence-corrected chi connectivity index (χ2v) is 3.11. The van der Waals surface area contributed by atoms with Crippen molar-refractivity contribution in [2.24, 2.45) is 5.73 Å². The number of nitrogens with two attached hydrogens (primary N) is 1. The Balaban J connectivity index is 2.73. The van der Waals surface area contributed by atoms with Gasteiger partial charge in [0.25, 0.3) is 5.91 Å². The van der Waals surface area contributed by atoms with Gasteiger partial charge in [-0.3, -0.25) is 9.59 Å². The molecule has 0 spiro atoms. The van der Waals surface area contributed by atoms with E-state index in [1.807, 2.05) is 0 Å². The molecule has 15 heavy (non-hydrogen) atoms. The van der Waals surface area contributed by atoms with Gasteiger partial charge in [0.15, 0.2) is 0 Å². The Kier molecular flexibility index (Phi) is 3.41. The van der Waals surface area contributed by atoms with Gasteiger partial charge in [0.05, 0.1) is 0 Å². The van der Waals surface area contributed by atoms with Crippen molar-refractivity contribution in [2.45, 2.75) is 13.0 Å². The average molecular weight is 208 g/mol. The van der Waals surface area contributed by atoms with Gasteiger partial charge in [-0.15, -0.1) is 0 Å². The van der Waals surface area contributed by atoms with Gasteiger partial charge in [0.2, 0.25) is 5.91 Å². The minimum atomic E-state index is -1.07. The lowest BCUT2D eigenvalue weighted by Gasteiger charge is -2.06. The van der Waals surface area contributed by atoms with E-state index in [-0.39, 0.29) is 0 Å². The second kappa shape index (κ2) is 4.56. The summed E-state index contributed by atoms with van der Waals surface area (Å²) >= 11 is 0. The van der Waals surface area contributed by atoms with Crippen molar-refractivity contribution in [1.29, 1.82) is 0 Å². The fourth-order valence-corrected chi connectivity index (χ4v) is 0.965. The summed E-state index contributed by atoms with van der Waals surface area (Å²) < 4.78 is 0. The summed E-state index contributed by atoms with van der Waals surface area (Å²) in [5.41, 5.74) is 5.92. The lowest BCUT2D eigenvalue weighted by Crippen LogP contribution is -2.24. The van der Waals surface area contributed by atoms with Crippen molar-refractivity contribution in [3.8, 4) is 0 Å². The molecule has 0 aliphatic heterocycles. The molecule has 0 saturated heterocycles. The third-order valence-electron chi connectivity index (χ3n) is 1.82. The van der Waals surface area contributed by atoms with Crippen LogP contribution < -0.4 is 11.1 Å². The zero-order valence-corrected chi connectivity index (χ0v) is 8.23. The summed E-state index contributed by atoms with van der Waals surface area (Å²) in [4.78, 5) is 21.8. The molecule has 1 rings (SSSR count). The van der Waals surface area contributed by atoms with Gasteiger partial charge in [-0.25, -0.2) is 0 Å². The number of hydrogen-bond acceptors (Lipinski definition) is 3. The molecule has 0 aliphatic carbocycles. The number of carbonyl (C=O) groups is 2. The van der Waals surface area contributed by atoms with Crippen LogP contribution in [0.1, 0.15) is 17.3 Å². The standard InChI is InChI=1S/C10H12N2O3/c1-6(13)10(15)12-8-4-2-7(3-5-8)9(11)14/h2-6,13H,1H3,(H2,11,14)(H,12,15)/t6-/m1/s1. The maximum atomic E-state index is 11.1. The number of aliphatic hydroxyl groups excluding tert-OH is 1. The summed E-state index contributed by atoms with van der Waals surface area (Å²) in [5, 5.41) is 11.4. The number of benzene rings is 1. The quantitative estimate of drug-likeness (QED) is 0.658. The van der Waals surface area contributed by atoms with Crippen LogP contribution in [0.2, 0.25) is 0 Å². The van der Waals surface area contributed by atoms with Gasteiger partial charge in [0.1, 0.15) is 6.10 Å². The van der Waals surface area contributed by atoms with Crippen LogP contribution >= 0.6 is 0 Å². The molecule has 1 atom stereocenters. The highest BCUT2D eigenvalue weighted by Crippen LogP contribution is 2.09. The number of nitrogens with one attached hydrogen (secondary N) is 1. The zero-order chi connectivity index (χ0) is 11.4. The van der Waals surface area contributed by atoms with E-state index in [0.717, 1.165) is 0 Å². The summed E-state index contributed by atoms with van der Waals surface area (Å²) in [5.74, 6) is -1.02. The lowest BCUT2D eigenvalue weighted by atomic mass is 10.2. The van der Waals surface area contributed by atoms with E-state index in [1.54, 1.807) is 12.1 Å². The molecule has 2 amide bonds. The molecule has 0 bridgehead atoms. The molecule has 80 valence electrons. The number of rotatable bonds is 3. The highest BCUT2D eigenvalue weighted by atomic mass is 16.3. The molecule has 1 aromatic carbocycles. The van der Waals surface area contributed by atoms with Gasteiger partial charge >= 0.3 is 0 Å². The van der Waals surface area contributed by atoms with E-state index in [1.165, 1.54) is 19.1 Å². The molecule has 0 fully saturated rings. The van der Waals surface area contributed by atoms with Crippen LogP contribution in [-0.4, -0.2) is 23.0 Å². The van der Waals surface area contributed by atoms with E-state index >= 15 is 0 Å². The number of aliphatic hydroxyl groups is 1. The number of primary amides is 1. The van der Waals surface area contributed by atoms with E-state index < -0.39 is 17.9 Å². The predicted octanol–water partition coefficient (Wildman–Crippen LogP) is 0.105. The number of carbonyl (C=O) groups excluding carboxylic acids is 2. The third-order valence-corrected chi connectivity index (χ3v) is 1.82. The van der Waals surface area contributed by atoms with E-state index in [0.29, 0.717) is 11.3 Å². The van der Waals surface area contributed by atoms with Crippen LogP contribution in [0.15, 0.2) is 24.3 Å². The fraction of sp³-hybridized carbons (Fsp3) is 0.200. The van der Waals surface area contributed by atoms with Crippen molar-refractivity contribution >= 4 is 17.5 Å². The van der Waals surface area contributed by atoms with E-state index in [2.05, 4.69) is 5.32 Å². The molecular weight excluding hydrogens is 196 g/mol. The van der Waals surface area contributed by atoms with Crippen molar-refractivity contribution in [3.05, 3.63) is 29.8 Å². The van der Waals surface area contributed by atoms with Crippen LogP contribution in [0, 0.1) is 0 Å². The molecule has 0 saturated carbocycles. The van der Waals surface area contributed by atoms with Crippen molar-refractivity contribution in [2.75, 3.05) is 5.32 Å². The minimum Gasteiger partial charge on any atom is -0.384 e. The topological polar surface area (TPSA) is 92.4 Å². The molecule has 0 unspecified atom stereocenters. The SMILES string of the molecule is C[C@@H](O)C(=O)Nc1ccc(C(N)=O)cc1. The van der Waals surface area contributed by atoms with Gasteiger partial charge < -0.3 is 16.2 Å². The first kappa shape index (κ1) is 11.2. The molecule has 0 radical (unpaired) electrons. The first-order chi connectivity index (χ1) is 7.00. The van der Waals surface area contributed by atoms with Crippen molar-refractivity contribution < 1.29 is 14.7 Å². The van der Waals surface area contributed by atoms with Crippen molar-refractivity contribution in [3.63, 3.8) is 0 Å². The molecular formula is C10H12N2O3. The Morgan fingerprint density at radius 1 is 1.33 bits per heavy atom. The molecule has 1 aromatic rings. The molecule has 0 heterocycles. The smallest absolute Gasteiger partial charge is 0.252 e.